The summed E-state index contributed by atoms with van der Waals surface area (Å²) in [4.78, 5) is 19.0. The highest BCUT2D eigenvalue weighted by molar-refractivity contribution is 5.60. The number of rotatable bonds is 2. The first-order valence-electron chi connectivity index (χ1n) is 5.70. The summed E-state index contributed by atoms with van der Waals surface area (Å²) in [5, 5.41) is 14.5. The fourth-order valence-electron chi connectivity index (χ4n) is 1.55. The Morgan fingerprint density at radius 3 is 2.72 bits per heavy atom. The number of ether oxygens (including phenoxy) is 1. The van der Waals surface area contributed by atoms with Crippen LogP contribution < -0.4 is 0 Å². The number of nitrogens with zero attached hydrogens (tertiary/aromatic N) is 4. The summed E-state index contributed by atoms with van der Waals surface area (Å²) in [7, 11) is 0. The van der Waals surface area contributed by atoms with Crippen molar-refractivity contribution in [2.75, 3.05) is 13.1 Å². The van der Waals surface area contributed by atoms with Gasteiger partial charge in [-0.05, 0) is 32.7 Å². The van der Waals surface area contributed by atoms with Gasteiger partial charge in [-0.25, -0.2) is 4.79 Å². The third kappa shape index (κ3) is 4.79. The van der Waals surface area contributed by atoms with E-state index in [2.05, 4.69) is 10.0 Å². The van der Waals surface area contributed by atoms with Gasteiger partial charge in [0.2, 0.25) is 0 Å². The largest absolute Gasteiger partial charge is 0.528 e. The molecule has 1 saturated heterocycles. The van der Waals surface area contributed by atoms with Crippen LogP contribution in [0.25, 0.3) is 10.4 Å². The fraction of sp³-hybridized carbons (Fsp3) is 0.900. The highest BCUT2D eigenvalue weighted by Crippen LogP contribution is 2.16. The van der Waals surface area contributed by atoms with Crippen LogP contribution in [0.2, 0.25) is 0 Å². The molecule has 0 aromatic rings. The summed E-state index contributed by atoms with van der Waals surface area (Å²) in [5.74, 6) is 0. The molecule has 0 aliphatic carbocycles. The first-order valence-corrected chi connectivity index (χ1v) is 5.70. The van der Waals surface area contributed by atoms with Crippen molar-refractivity contribution in [1.82, 2.24) is 5.06 Å². The minimum Gasteiger partial charge on any atom is -0.427 e. The summed E-state index contributed by atoms with van der Waals surface area (Å²) >= 11 is 0. The topological polar surface area (TPSA) is 108 Å². The van der Waals surface area contributed by atoms with Crippen LogP contribution >= 0.6 is 0 Å². The summed E-state index contributed by atoms with van der Waals surface area (Å²) < 4.78 is 4.98. The van der Waals surface area contributed by atoms with Gasteiger partial charge in [-0.2, -0.15) is 0 Å². The number of aliphatic hydroxyl groups excluding tert-OH is 1. The van der Waals surface area contributed by atoms with Crippen LogP contribution in [0.4, 0.5) is 4.79 Å². The van der Waals surface area contributed by atoms with E-state index in [1.807, 2.05) is 0 Å². The van der Waals surface area contributed by atoms with Crippen molar-refractivity contribution in [2.45, 2.75) is 44.9 Å². The maximum Gasteiger partial charge on any atom is 0.528 e. The average Bonchev–Trinajstić information content (AvgIpc) is 2.19. The van der Waals surface area contributed by atoms with E-state index in [9.17, 15) is 9.90 Å². The molecule has 0 amide bonds. The Bertz CT molecular complexity index is 348. The lowest BCUT2D eigenvalue weighted by atomic mass is 10.0. The Morgan fingerprint density at radius 1 is 1.56 bits per heavy atom. The number of azide groups is 1. The first kappa shape index (κ1) is 14.6. The summed E-state index contributed by atoms with van der Waals surface area (Å²) in [5.41, 5.74) is 7.68. The third-order valence-corrected chi connectivity index (χ3v) is 2.30. The lowest BCUT2D eigenvalue weighted by molar-refractivity contribution is -0.169. The van der Waals surface area contributed by atoms with Crippen molar-refractivity contribution in [3.05, 3.63) is 10.4 Å². The molecule has 0 aromatic carbocycles. The van der Waals surface area contributed by atoms with Crippen molar-refractivity contribution in [1.29, 1.82) is 0 Å². The molecule has 1 aliphatic rings. The van der Waals surface area contributed by atoms with Gasteiger partial charge in [0.15, 0.2) is 0 Å². The number of hydrogen-bond acceptors (Lipinski definition) is 6. The second kappa shape index (κ2) is 5.90. The molecule has 2 atom stereocenters. The van der Waals surface area contributed by atoms with Crippen LogP contribution in [0.5, 0.6) is 0 Å². The van der Waals surface area contributed by atoms with Crippen LogP contribution in [0.3, 0.4) is 0 Å². The van der Waals surface area contributed by atoms with E-state index < -0.39 is 23.9 Å². The monoisotopic (exact) mass is 258 g/mol. The number of hydrogen-bond donors (Lipinski definition) is 1. The van der Waals surface area contributed by atoms with Crippen molar-refractivity contribution >= 4 is 6.16 Å². The van der Waals surface area contributed by atoms with E-state index in [-0.39, 0.29) is 6.54 Å². The smallest absolute Gasteiger partial charge is 0.427 e. The van der Waals surface area contributed by atoms with Crippen molar-refractivity contribution in [3.8, 4) is 0 Å². The minimum absolute atomic E-state index is 0.100. The van der Waals surface area contributed by atoms with E-state index in [4.69, 9.17) is 15.1 Å². The lowest BCUT2D eigenvalue weighted by Gasteiger charge is -2.32. The highest BCUT2D eigenvalue weighted by Gasteiger charge is 2.30. The molecule has 8 nitrogen and oxygen atoms in total. The van der Waals surface area contributed by atoms with Crippen LogP contribution in [-0.4, -0.2) is 47.2 Å². The Labute approximate surface area is 105 Å². The zero-order valence-corrected chi connectivity index (χ0v) is 10.7. The van der Waals surface area contributed by atoms with Crippen LogP contribution in [0.15, 0.2) is 5.11 Å². The maximum absolute atomic E-state index is 11.4. The van der Waals surface area contributed by atoms with Crippen LogP contribution in [0.1, 0.15) is 27.2 Å². The van der Waals surface area contributed by atoms with E-state index in [1.165, 1.54) is 5.06 Å². The van der Waals surface area contributed by atoms with Gasteiger partial charge in [0.05, 0.1) is 18.7 Å². The number of piperidine rings is 1. The fourth-order valence-corrected chi connectivity index (χ4v) is 1.55. The predicted molar refractivity (Wildman–Crippen MR) is 62.4 cm³/mol. The van der Waals surface area contributed by atoms with Crippen molar-refractivity contribution < 1.29 is 19.5 Å². The third-order valence-electron chi connectivity index (χ3n) is 2.30. The molecule has 1 aliphatic heterocycles. The van der Waals surface area contributed by atoms with Crippen molar-refractivity contribution in [2.24, 2.45) is 5.11 Å². The molecular weight excluding hydrogens is 240 g/mol. The quantitative estimate of drug-likeness (QED) is 0.350. The molecule has 8 heteroatoms. The van der Waals surface area contributed by atoms with Gasteiger partial charge in [0.25, 0.3) is 0 Å². The van der Waals surface area contributed by atoms with Gasteiger partial charge in [0.1, 0.15) is 5.60 Å². The normalized spacial score (nSPS) is 25.1. The number of β-amino-alcohol motifs (C(OH)–C–C–N with tert-alkyl or cyclic N) is 1. The Balaban J connectivity index is 2.42. The summed E-state index contributed by atoms with van der Waals surface area (Å²) in [6.07, 6.45) is -1.23. The van der Waals surface area contributed by atoms with Gasteiger partial charge in [-0.15, -0.1) is 5.06 Å². The molecule has 0 aromatic heterocycles. The zero-order valence-electron chi connectivity index (χ0n) is 10.7. The van der Waals surface area contributed by atoms with E-state index in [1.54, 1.807) is 20.8 Å². The second-order valence-corrected chi connectivity index (χ2v) is 5.07. The van der Waals surface area contributed by atoms with Crippen molar-refractivity contribution in [3.63, 3.8) is 0 Å². The zero-order chi connectivity index (χ0) is 13.8. The molecule has 102 valence electrons. The van der Waals surface area contributed by atoms with Crippen LogP contribution in [-0.2, 0) is 9.57 Å². The Kier molecular flexibility index (Phi) is 4.77. The maximum atomic E-state index is 11.4. The number of carbonyl (C=O) groups excluding carboxylic acids is 1. The summed E-state index contributed by atoms with van der Waals surface area (Å²) in [6, 6.07) is -0.478. The molecule has 2 unspecified atom stereocenters. The number of carbonyl (C=O) groups is 1. The Hall–Kier alpha value is -1.50. The average molecular weight is 258 g/mol. The molecule has 1 heterocycles. The number of hydroxylamine groups is 2. The lowest BCUT2D eigenvalue weighted by Crippen LogP contribution is -2.46. The number of aliphatic hydroxyl groups is 1. The Morgan fingerprint density at radius 2 is 2.22 bits per heavy atom. The standard InChI is InChI=1S/C10H18N4O4/c1-10(2,3)17-9(16)18-14-5-4-7(12-13-11)8(15)6-14/h7-8,15H,4-6H2,1-3H3. The molecule has 0 spiro atoms. The van der Waals surface area contributed by atoms with E-state index in [0.29, 0.717) is 13.0 Å². The van der Waals surface area contributed by atoms with E-state index >= 15 is 0 Å². The van der Waals surface area contributed by atoms with Gasteiger partial charge in [-0.1, -0.05) is 5.11 Å². The molecule has 0 radical (unpaired) electrons. The minimum atomic E-state index is -0.850. The molecule has 0 saturated carbocycles. The first-order chi connectivity index (χ1) is 8.31. The molecule has 1 fully saturated rings. The molecule has 1 N–H and O–H groups in total. The highest BCUT2D eigenvalue weighted by atomic mass is 16.8. The SMILES string of the molecule is CC(C)(C)OC(=O)ON1CCC(N=[N+]=[N-])C(O)C1. The molecule has 1 rings (SSSR count). The molecular formula is C10H18N4O4. The summed E-state index contributed by atoms with van der Waals surface area (Å²) in [6.45, 7) is 5.69. The van der Waals surface area contributed by atoms with Gasteiger partial charge in [-0.3, -0.25) is 0 Å². The molecule has 18 heavy (non-hydrogen) atoms. The second-order valence-electron chi connectivity index (χ2n) is 5.07. The van der Waals surface area contributed by atoms with Gasteiger partial charge in [0, 0.05) is 11.5 Å². The van der Waals surface area contributed by atoms with Gasteiger partial charge < -0.3 is 14.7 Å². The van der Waals surface area contributed by atoms with Gasteiger partial charge >= 0.3 is 6.16 Å². The molecule has 0 bridgehead atoms. The van der Waals surface area contributed by atoms with E-state index in [0.717, 1.165) is 0 Å². The predicted octanol–water partition coefficient (Wildman–Crippen LogP) is 1.60. The van der Waals surface area contributed by atoms with Crippen LogP contribution in [0, 0.1) is 0 Å².